The van der Waals surface area contributed by atoms with Gasteiger partial charge in [0.25, 0.3) is 0 Å². The zero-order chi connectivity index (χ0) is 40.0. The molecule has 53 heavy (non-hydrogen) atoms. The summed E-state index contributed by atoms with van der Waals surface area (Å²) in [7, 11) is 6.00. The first-order valence-corrected chi connectivity index (χ1v) is 19.6. The van der Waals surface area contributed by atoms with E-state index in [1.54, 1.807) is 27.7 Å². The van der Waals surface area contributed by atoms with Crippen molar-refractivity contribution in [3.05, 3.63) is 0 Å². The van der Waals surface area contributed by atoms with Gasteiger partial charge in [0.1, 0.15) is 29.8 Å². The Hall–Kier alpha value is -2.15. The van der Waals surface area contributed by atoms with Gasteiger partial charge >= 0.3 is 5.97 Å². The van der Waals surface area contributed by atoms with Gasteiger partial charge in [0.05, 0.1) is 29.6 Å². The normalized spacial score (nSPS) is 43.3. The minimum absolute atomic E-state index is 0.00996. The van der Waals surface area contributed by atoms with Crippen molar-refractivity contribution >= 4 is 17.5 Å². The van der Waals surface area contributed by atoms with Crippen molar-refractivity contribution in [1.29, 1.82) is 0 Å². The highest BCUT2D eigenvalue weighted by Gasteiger charge is 2.51. The molecule has 13 nitrogen and oxygen atoms in total. The Kier molecular flexibility index (Phi) is 16.3. The summed E-state index contributed by atoms with van der Waals surface area (Å²) in [6, 6.07) is 0.0808. The summed E-state index contributed by atoms with van der Waals surface area (Å²) in [4.78, 5) is 37.9. The molecule has 13 heteroatoms. The average Bonchev–Trinajstić information content (AvgIpc) is 3.10. The third kappa shape index (κ3) is 11.0. The molecular weight excluding hydrogens is 682 g/mol. The van der Waals surface area contributed by atoms with Crippen LogP contribution in [0.5, 0.6) is 0 Å². The molecule has 0 radical (unpaired) electrons. The van der Waals surface area contributed by atoms with E-state index in [-0.39, 0.29) is 31.1 Å². The molecule has 3 rings (SSSR count). The Balaban J connectivity index is 2.07. The van der Waals surface area contributed by atoms with Crippen LogP contribution in [0.25, 0.3) is 0 Å². The molecule has 4 N–H and O–H groups in total. The molecule has 1 aliphatic carbocycles. The highest BCUT2D eigenvalue weighted by Crippen LogP contribution is 2.37. The fraction of sp³-hybridized carbons (Fsp3) is 0.875. The quantitative estimate of drug-likeness (QED) is 0.118. The molecule has 304 valence electrons. The number of rotatable bonds is 9. The maximum Gasteiger partial charge on any atom is 0.316 e. The first-order valence-electron chi connectivity index (χ1n) is 19.6. The van der Waals surface area contributed by atoms with Crippen molar-refractivity contribution in [1.82, 2.24) is 9.80 Å². The molecule has 0 bridgehead atoms. The minimum atomic E-state index is -1.92. The van der Waals surface area contributed by atoms with Crippen LogP contribution in [0.4, 0.5) is 0 Å². The van der Waals surface area contributed by atoms with Gasteiger partial charge in [-0.1, -0.05) is 32.9 Å². The Morgan fingerprint density at radius 1 is 1.00 bits per heavy atom. The lowest BCUT2D eigenvalue weighted by atomic mass is 9.74. The first kappa shape index (κ1) is 45.2. The van der Waals surface area contributed by atoms with Crippen LogP contribution in [0.15, 0.2) is 5.16 Å². The van der Waals surface area contributed by atoms with Crippen molar-refractivity contribution < 1.29 is 49.1 Å². The lowest BCUT2D eigenvalue weighted by Crippen LogP contribution is -2.60. The number of carbonyl (C=O) groups excluding carboxylic acids is 2. The van der Waals surface area contributed by atoms with Crippen LogP contribution in [-0.4, -0.2) is 142 Å². The number of oxime groups is 1. The number of hydrogen-bond acceptors (Lipinski definition) is 13. The van der Waals surface area contributed by atoms with Gasteiger partial charge < -0.3 is 44.4 Å². The van der Waals surface area contributed by atoms with Gasteiger partial charge in [0.2, 0.25) is 0 Å². The number of likely N-dealkylation sites (N-methyl/N-ethyl adjacent to an activating group) is 1. The second kappa shape index (κ2) is 19.1. The molecule has 2 heterocycles. The number of Topliss-reactive ketones (excluding diaryl/α,β-unsaturated/α-hetero) is 1. The second-order valence-electron chi connectivity index (χ2n) is 16.8. The van der Waals surface area contributed by atoms with Crippen molar-refractivity contribution in [2.45, 2.75) is 173 Å². The van der Waals surface area contributed by atoms with Crippen LogP contribution in [0.1, 0.15) is 107 Å². The number of nitrogens with zero attached hydrogens (tertiary/aromatic N) is 3. The van der Waals surface area contributed by atoms with Gasteiger partial charge in [-0.25, -0.2) is 0 Å². The van der Waals surface area contributed by atoms with Gasteiger partial charge in [-0.3, -0.25) is 14.5 Å². The predicted molar refractivity (Wildman–Crippen MR) is 202 cm³/mol. The summed E-state index contributed by atoms with van der Waals surface area (Å²) >= 11 is 0. The lowest BCUT2D eigenvalue weighted by molar-refractivity contribution is -0.293. The molecule has 0 aromatic heterocycles. The van der Waals surface area contributed by atoms with E-state index < -0.39 is 77.3 Å². The molecule has 2 saturated heterocycles. The Labute approximate surface area is 317 Å². The Morgan fingerprint density at radius 3 is 2.19 bits per heavy atom. The molecule has 3 aliphatic rings. The summed E-state index contributed by atoms with van der Waals surface area (Å²) in [6.07, 6.45) is 3.43. The maximum absolute atomic E-state index is 14.1. The van der Waals surface area contributed by atoms with Gasteiger partial charge in [-0.05, 0) is 93.8 Å². The number of terminal acetylenes is 1. The molecule has 0 aromatic carbocycles. The fourth-order valence-electron chi connectivity index (χ4n) is 8.57. The van der Waals surface area contributed by atoms with Gasteiger partial charge in [-0.2, -0.15) is 0 Å². The Bertz CT molecular complexity index is 1280. The van der Waals surface area contributed by atoms with E-state index in [4.69, 9.17) is 25.5 Å². The monoisotopic (exact) mass is 751 g/mol. The van der Waals surface area contributed by atoms with Crippen molar-refractivity contribution in [3.8, 4) is 12.3 Å². The molecule has 13 atom stereocenters. The van der Waals surface area contributed by atoms with Gasteiger partial charge in [-0.15, -0.1) is 12.3 Å². The number of esters is 1. The van der Waals surface area contributed by atoms with Crippen LogP contribution < -0.4 is 0 Å². The van der Waals surface area contributed by atoms with E-state index in [1.807, 2.05) is 25.8 Å². The summed E-state index contributed by atoms with van der Waals surface area (Å²) < 4.78 is 18.4. The van der Waals surface area contributed by atoms with Crippen molar-refractivity contribution in [3.63, 3.8) is 0 Å². The van der Waals surface area contributed by atoms with Crippen LogP contribution in [0.3, 0.4) is 0 Å². The number of cyclic esters (lactones) is 1. The maximum atomic E-state index is 14.1. The van der Waals surface area contributed by atoms with Crippen molar-refractivity contribution in [2.24, 2.45) is 28.8 Å². The molecule has 0 spiro atoms. The molecule has 3 fully saturated rings. The number of ketones is 1. The highest BCUT2D eigenvalue weighted by atomic mass is 16.7. The van der Waals surface area contributed by atoms with E-state index >= 15 is 0 Å². The second-order valence-corrected chi connectivity index (χ2v) is 16.8. The molecule has 2 aliphatic heterocycles. The number of carbonyl (C=O) groups is 2. The van der Waals surface area contributed by atoms with Crippen LogP contribution >= 0.6 is 0 Å². The average molecular weight is 752 g/mol. The van der Waals surface area contributed by atoms with E-state index in [0.717, 1.165) is 25.7 Å². The standard InChI is InChI=1S/C40H69N3O10/c1-13-15-20-43(12)30-21-24(4)50-38(34(30)45)52-36-26(6)33(44)27(7)37(47)51-31(14-2)40(9,49)35(46)25(5)32(23(3)22-39(36,8)48)41-53-29-18-16-28(17-19-29)42(10)11/h1,23-31,34-36,38,45-46,48-49H,14-22H2,2-12H3/b41-32+/t23-,24-,25+,26+,27-,28-,29+,30+,31-,34-,35-,36-,38+,39-,40-/m1/s1. The fourth-order valence-corrected chi connectivity index (χ4v) is 8.57. The molecule has 0 unspecified atom stereocenters. The largest absolute Gasteiger partial charge is 0.459 e. The highest BCUT2D eigenvalue weighted by molar-refractivity contribution is 6.00. The molecule has 0 amide bonds. The predicted octanol–water partition coefficient (Wildman–Crippen LogP) is 3.14. The van der Waals surface area contributed by atoms with Crippen LogP contribution in [0.2, 0.25) is 0 Å². The van der Waals surface area contributed by atoms with E-state index in [2.05, 4.69) is 30.1 Å². The molecule has 0 aromatic rings. The summed E-state index contributed by atoms with van der Waals surface area (Å²) in [5.74, 6) is -2.53. The molecular formula is C40H69N3O10. The van der Waals surface area contributed by atoms with Crippen LogP contribution in [0, 0.1) is 36.0 Å². The van der Waals surface area contributed by atoms with Crippen molar-refractivity contribution in [2.75, 3.05) is 27.7 Å². The first-order chi connectivity index (χ1) is 24.7. The number of hydrogen-bond donors (Lipinski definition) is 4. The zero-order valence-corrected chi connectivity index (χ0v) is 34.0. The number of aliphatic hydroxyl groups excluding tert-OH is 2. The lowest BCUT2D eigenvalue weighted by Gasteiger charge is -2.46. The third-order valence-corrected chi connectivity index (χ3v) is 12.1. The summed E-state index contributed by atoms with van der Waals surface area (Å²) in [6.45, 7) is 13.7. The van der Waals surface area contributed by atoms with E-state index in [9.17, 15) is 30.0 Å². The smallest absolute Gasteiger partial charge is 0.316 e. The summed E-state index contributed by atoms with van der Waals surface area (Å²) in [5, 5.41) is 52.1. The Morgan fingerprint density at radius 2 is 1.62 bits per heavy atom. The van der Waals surface area contributed by atoms with E-state index in [1.165, 1.54) is 13.8 Å². The summed E-state index contributed by atoms with van der Waals surface area (Å²) in [5.41, 5.74) is -3.29. The SMILES string of the molecule is C#CCCN(C)[C@H]1C[C@@H](C)O[C@@H](O[C@@H]2[C@@H](C)C(=O)[C@@H](C)C(=O)O[C@H](CC)[C@@](C)(O)[C@H](O)[C@@H](C)/C(=N/O[C@H]3CC[C@@H](N(C)C)CC3)[C@H](C)C[C@@]2(C)O)[C@@H]1O. The zero-order valence-electron chi connectivity index (χ0n) is 34.0. The van der Waals surface area contributed by atoms with E-state index in [0.29, 0.717) is 31.1 Å². The van der Waals surface area contributed by atoms with Crippen LogP contribution in [-0.2, 0) is 28.6 Å². The number of aliphatic hydroxyl groups is 4. The van der Waals surface area contributed by atoms with Gasteiger partial charge in [0, 0.05) is 42.8 Å². The number of ether oxygens (including phenoxy) is 3. The topological polar surface area (TPSA) is 171 Å². The molecule has 1 saturated carbocycles. The minimum Gasteiger partial charge on any atom is -0.459 e. The van der Waals surface area contributed by atoms with Gasteiger partial charge in [0.15, 0.2) is 12.1 Å². The third-order valence-electron chi connectivity index (χ3n) is 12.1.